The third kappa shape index (κ3) is 4.68. The third-order valence-electron chi connectivity index (χ3n) is 4.35. The first-order valence-electron chi connectivity index (χ1n) is 9.12. The van der Waals surface area contributed by atoms with Gasteiger partial charge in [0.25, 0.3) is 0 Å². The van der Waals surface area contributed by atoms with Gasteiger partial charge in [-0.3, -0.25) is 0 Å². The van der Waals surface area contributed by atoms with Crippen LogP contribution in [-0.2, 0) is 13.1 Å². The average Bonchev–Trinajstić information content (AvgIpc) is 3.44. The molecule has 2 amide bonds. The van der Waals surface area contributed by atoms with Crippen molar-refractivity contribution < 1.29 is 13.6 Å². The molecule has 0 unspecified atom stereocenters. The molecule has 0 spiro atoms. The van der Waals surface area contributed by atoms with E-state index in [4.69, 9.17) is 23.2 Å². The number of rotatable bonds is 6. The minimum absolute atomic E-state index is 0.0427. The maximum absolute atomic E-state index is 13.4. The van der Waals surface area contributed by atoms with Crippen LogP contribution in [0.25, 0.3) is 11.4 Å². The summed E-state index contributed by atoms with van der Waals surface area (Å²) in [6.45, 7) is 0.0855. The van der Waals surface area contributed by atoms with Gasteiger partial charge in [-0.05, 0) is 36.4 Å². The number of amides is 2. The zero-order chi connectivity index (χ0) is 22.7. The monoisotopic (exact) mass is 478 g/mol. The number of carbonyl (C=O) groups excluding carboxylic acids is 1. The van der Waals surface area contributed by atoms with Gasteiger partial charge in [-0.15, -0.1) is 0 Å². The summed E-state index contributed by atoms with van der Waals surface area (Å²) < 4.78 is 29.6. The number of nitrogens with one attached hydrogen (secondary N) is 2. The molecule has 0 bridgehead atoms. The molecule has 0 aliphatic rings. The Morgan fingerprint density at radius 1 is 0.812 bits per heavy atom. The van der Waals surface area contributed by atoms with Crippen molar-refractivity contribution in [1.82, 2.24) is 40.2 Å². The smallest absolute Gasteiger partial charge is 0.315 e. The number of carbonyl (C=O) groups is 1. The summed E-state index contributed by atoms with van der Waals surface area (Å²) in [5, 5.41) is 13.3. The fourth-order valence-corrected chi connectivity index (χ4v) is 3.17. The van der Waals surface area contributed by atoms with Gasteiger partial charge in [-0.2, -0.15) is 10.2 Å². The van der Waals surface area contributed by atoms with Gasteiger partial charge in [-0.1, -0.05) is 23.2 Å². The van der Waals surface area contributed by atoms with Crippen LogP contribution in [-0.4, -0.2) is 35.6 Å². The van der Waals surface area contributed by atoms with Crippen molar-refractivity contribution in [1.29, 1.82) is 0 Å². The lowest BCUT2D eigenvalue weighted by molar-refractivity contribution is 0.239. The second-order valence-electron chi connectivity index (χ2n) is 6.41. The molecule has 2 aromatic heterocycles. The van der Waals surface area contributed by atoms with Crippen molar-refractivity contribution in [2.75, 3.05) is 0 Å². The van der Waals surface area contributed by atoms with E-state index in [2.05, 4.69) is 30.8 Å². The van der Waals surface area contributed by atoms with Crippen LogP contribution in [0.5, 0.6) is 0 Å². The molecule has 0 saturated heterocycles. The van der Waals surface area contributed by atoms with Gasteiger partial charge in [0.1, 0.15) is 24.3 Å². The highest BCUT2D eigenvalue weighted by molar-refractivity contribution is 6.31. The number of halogens is 4. The molecule has 0 aliphatic carbocycles. The molecule has 4 rings (SSSR count). The molecule has 2 aromatic carbocycles. The fourth-order valence-electron chi connectivity index (χ4n) is 2.82. The van der Waals surface area contributed by atoms with Gasteiger partial charge in [0.05, 0.1) is 34.5 Å². The Kier molecular flexibility index (Phi) is 6.28. The highest BCUT2D eigenvalue weighted by Gasteiger charge is 2.13. The van der Waals surface area contributed by atoms with Crippen molar-refractivity contribution in [2.24, 2.45) is 0 Å². The maximum Gasteiger partial charge on any atom is 0.315 e. The van der Waals surface area contributed by atoms with Crippen molar-refractivity contribution in [3.63, 3.8) is 0 Å². The molecular formula is C19H14Cl2F2N8O. The lowest BCUT2D eigenvalue weighted by Gasteiger charge is -2.10. The molecule has 0 aliphatic heterocycles. The minimum atomic E-state index is -0.551. The van der Waals surface area contributed by atoms with E-state index in [-0.39, 0.29) is 23.1 Å². The molecule has 9 nitrogen and oxygen atoms in total. The SMILES string of the molecule is O=C(NCc1ncnn1-c1ccc(F)c(Cl)c1)NCc1ncnn1-c1ccc(F)c(Cl)c1. The second kappa shape index (κ2) is 9.28. The van der Waals surface area contributed by atoms with Crippen LogP contribution >= 0.6 is 23.2 Å². The average molecular weight is 479 g/mol. The molecule has 0 saturated carbocycles. The molecule has 32 heavy (non-hydrogen) atoms. The summed E-state index contributed by atoms with van der Waals surface area (Å²) in [5.74, 6) is -0.283. The molecule has 0 atom stereocenters. The lowest BCUT2D eigenvalue weighted by atomic mass is 10.3. The topological polar surface area (TPSA) is 103 Å². The third-order valence-corrected chi connectivity index (χ3v) is 4.93. The second-order valence-corrected chi connectivity index (χ2v) is 7.22. The normalized spacial score (nSPS) is 10.9. The van der Waals surface area contributed by atoms with Gasteiger partial charge in [-0.25, -0.2) is 32.9 Å². The van der Waals surface area contributed by atoms with E-state index in [1.54, 1.807) is 0 Å². The Bertz CT molecular complexity index is 1180. The van der Waals surface area contributed by atoms with Crippen LogP contribution in [0.2, 0.25) is 10.0 Å². The van der Waals surface area contributed by atoms with Crippen molar-refractivity contribution in [3.05, 3.63) is 82.4 Å². The quantitative estimate of drug-likeness (QED) is 0.441. The van der Waals surface area contributed by atoms with Crippen LogP contribution in [0.3, 0.4) is 0 Å². The number of nitrogens with zero attached hydrogens (tertiary/aromatic N) is 6. The zero-order valence-corrected chi connectivity index (χ0v) is 17.6. The Morgan fingerprint density at radius 2 is 1.25 bits per heavy atom. The van der Waals surface area contributed by atoms with E-state index in [1.165, 1.54) is 58.4 Å². The maximum atomic E-state index is 13.4. The molecule has 13 heteroatoms. The first-order chi connectivity index (χ1) is 15.4. The Hall–Kier alpha value is -3.57. The van der Waals surface area contributed by atoms with E-state index < -0.39 is 17.7 Å². The summed E-state index contributed by atoms with van der Waals surface area (Å²) in [6, 6.07) is 7.74. The van der Waals surface area contributed by atoms with E-state index in [9.17, 15) is 13.6 Å². The Morgan fingerprint density at radius 3 is 1.66 bits per heavy atom. The van der Waals surface area contributed by atoms with Gasteiger partial charge < -0.3 is 10.6 Å². The van der Waals surface area contributed by atoms with E-state index in [1.807, 2.05) is 0 Å². The fraction of sp³-hybridized carbons (Fsp3) is 0.105. The first-order valence-corrected chi connectivity index (χ1v) is 9.88. The van der Waals surface area contributed by atoms with Crippen LogP contribution < -0.4 is 10.6 Å². The predicted molar refractivity (Wildman–Crippen MR) is 112 cm³/mol. The van der Waals surface area contributed by atoms with Crippen LogP contribution in [0.1, 0.15) is 11.6 Å². The van der Waals surface area contributed by atoms with Crippen molar-refractivity contribution in [2.45, 2.75) is 13.1 Å². The van der Waals surface area contributed by atoms with Gasteiger partial charge >= 0.3 is 6.03 Å². The van der Waals surface area contributed by atoms with Gasteiger partial charge in [0, 0.05) is 0 Å². The van der Waals surface area contributed by atoms with E-state index in [0.29, 0.717) is 23.0 Å². The molecular weight excluding hydrogens is 465 g/mol. The molecule has 0 radical (unpaired) electrons. The summed E-state index contributed by atoms with van der Waals surface area (Å²) >= 11 is 11.6. The highest BCUT2D eigenvalue weighted by Crippen LogP contribution is 2.20. The lowest BCUT2D eigenvalue weighted by Crippen LogP contribution is -2.36. The van der Waals surface area contributed by atoms with Crippen molar-refractivity contribution in [3.8, 4) is 11.4 Å². The number of hydrogen-bond donors (Lipinski definition) is 2. The van der Waals surface area contributed by atoms with Crippen LogP contribution in [0.4, 0.5) is 13.6 Å². The molecule has 2 N–H and O–H groups in total. The largest absolute Gasteiger partial charge is 0.331 e. The first kappa shape index (κ1) is 21.7. The molecule has 2 heterocycles. The summed E-state index contributed by atoms with van der Waals surface area (Å²) in [6.07, 6.45) is 2.62. The summed E-state index contributed by atoms with van der Waals surface area (Å²) in [4.78, 5) is 20.4. The molecule has 0 fully saturated rings. The Labute approximate surface area is 190 Å². The van der Waals surface area contributed by atoms with E-state index in [0.717, 1.165) is 0 Å². The summed E-state index contributed by atoms with van der Waals surface area (Å²) in [7, 11) is 0. The van der Waals surface area contributed by atoms with Crippen molar-refractivity contribution >= 4 is 29.2 Å². The molecule has 164 valence electrons. The van der Waals surface area contributed by atoms with Crippen LogP contribution in [0.15, 0.2) is 49.1 Å². The number of aromatic nitrogens is 6. The number of hydrogen-bond acceptors (Lipinski definition) is 5. The highest BCUT2D eigenvalue weighted by atomic mass is 35.5. The number of benzene rings is 2. The minimum Gasteiger partial charge on any atom is -0.331 e. The molecule has 4 aromatic rings. The summed E-state index contributed by atoms with van der Waals surface area (Å²) in [5.41, 5.74) is 0.995. The van der Waals surface area contributed by atoms with Gasteiger partial charge in [0.15, 0.2) is 11.6 Å². The van der Waals surface area contributed by atoms with Crippen LogP contribution in [0, 0.1) is 11.6 Å². The van der Waals surface area contributed by atoms with Gasteiger partial charge in [0.2, 0.25) is 0 Å². The zero-order valence-electron chi connectivity index (χ0n) is 16.1. The Balaban J connectivity index is 1.37. The number of urea groups is 1. The standard InChI is InChI=1S/C19H14Cl2F2N8O/c20-13-5-11(1-3-15(13)22)30-17(26-9-28-30)7-24-19(32)25-8-18-27-10-29-31(18)12-2-4-16(23)14(21)6-12/h1-6,9-10H,7-8H2,(H2,24,25,32). The predicted octanol–water partition coefficient (Wildman–Crippen LogP) is 3.43. The van der Waals surface area contributed by atoms with E-state index >= 15 is 0 Å².